The molecule has 2 rings (SSSR count). The van der Waals surface area contributed by atoms with Crippen LogP contribution in [0.5, 0.6) is 5.75 Å². The maximum absolute atomic E-state index is 6.04. The maximum atomic E-state index is 6.04. The van der Waals surface area contributed by atoms with Crippen LogP contribution in [0.4, 0.5) is 0 Å². The first kappa shape index (κ1) is 12.4. The van der Waals surface area contributed by atoms with Crippen molar-refractivity contribution in [2.75, 3.05) is 0 Å². The smallest absolute Gasteiger partial charge is 0.138 e. The molecule has 1 heterocycles. The molecule has 17 heavy (non-hydrogen) atoms. The van der Waals surface area contributed by atoms with E-state index >= 15 is 0 Å². The second kappa shape index (κ2) is 5.52. The highest BCUT2D eigenvalue weighted by Gasteiger charge is 2.02. The number of pyridine rings is 1. The second-order valence-electron chi connectivity index (χ2n) is 3.73. The van der Waals surface area contributed by atoms with Gasteiger partial charge in [0.2, 0.25) is 0 Å². The van der Waals surface area contributed by atoms with E-state index in [1.54, 1.807) is 12.4 Å². The molecule has 0 saturated heterocycles. The van der Waals surface area contributed by atoms with Crippen molar-refractivity contribution in [1.29, 1.82) is 0 Å². The lowest BCUT2D eigenvalue weighted by molar-refractivity contribution is 0.305. The van der Waals surface area contributed by atoms with Crippen LogP contribution in [0.3, 0.4) is 0 Å². The molecule has 0 amide bonds. The second-order valence-corrected chi connectivity index (χ2v) is 5.06. The van der Waals surface area contributed by atoms with Crippen molar-refractivity contribution in [3.63, 3.8) is 0 Å². The molecule has 88 valence electrons. The van der Waals surface area contributed by atoms with Crippen molar-refractivity contribution in [3.05, 3.63) is 57.3 Å². The van der Waals surface area contributed by atoms with E-state index in [-0.39, 0.29) is 0 Å². The van der Waals surface area contributed by atoms with Crippen molar-refractivity contribution in [2.45, 2.75) is 13.5 Å². The predicted octanol–water partition coefficient (Wildman–Crippen LogP) is 4.38. The zero-order valence-electron chi connectivity index (χ0n) is 9.28. The Labute approximate surface area is 114 Å². The summed E-state index contributed by atoms with van der Waals surface area (Å²) in [4.78, 5) is 4.08. The normalized spacial score (nSPS) is 10.3. The fraction of sp³-hybridized carbons (Fsp3) is 0.154. The fourth-order valence-corrected chi connectivity index (χ4v) is 2.00. The van der Waals surface area contributed by atoms with Gasteiger partial charge in [0.1, 0.15) is 12.4 Å². The van der Waals surface area contributed by atoms with E-state index in [0.717, 1.165) is 15.6 Å². The monoisotopic (exact) mass is 311 g/mol. The fourth-order valence-electron chi connectivity index (χ4n) is 1.42. The Morgan fingerprint density at radius 2 is 2.12 bits per heavy atom. The number of hydrogen-bond donors (Lipinski definition) is 0. The summed E-state index contributed by atoms with van der Waals surface area (Å²) in [5.41, 5.74) is 2.12. The molecule has 0 unspecified atom stereocenters. The third kappa shape index (κ3) is 3.45. The van der Waals surface area contributed by atoms with Crippen molar-refractivity contribution in [2.24, 2.45) is 0 Å². The molecule has 0 bridgehead atoms. The molecule has 4 heteroatoms. The first-order chi connectivity index (χ1) is 8.15. The van der Waals surface area contributed by atoms with Crippen LogP contribution in [-0.4, -0.2) is 4.98 Å². The molecule has 0 aliphatic rings. The van der Waals surface area contributed by atoms with Gasteiger partial charge in [-0.05, 0) is 46.6 Å². The van der Waals surface area contributed by atoms with E-state index in [9.17, 15) is 0 Å². The van der Waals surface area contributed by atoms with Crippen LogP contribution in [0.1, 0.15) is 11.1 Å². The Morgan fingerprint density at radius 3 is 2.88 bits per heavy atom. The van der Waals surface area contributed by atoms with E-state index < -0.39 is 0 Å². The van der Waals surface area contributed by atoms with Gasteiger partial charge in [0.15, 0.2) is 0 Å². The highest BCUT2D eigenvalue weighted by Crippen LogP contribution is 2.26. The zero-order valence-corrected chi connectivity index (χ0v) is 11.6. The largest absolute Gasteiger partial charge is 0.487 e. The molecule has 0 fully saturated rings. The van der Waals surface area contributed by atoms with Crippen LogP contribution in [0, 0.1) is 6.92 Å². The number of rotatable bonds is 3. The molecule has 0 aliphatic heterocycles. The van der Waals surface area contributed by atoms with Gasteiger partial charge < -0.3 is 4.74 Å². The van der Waals surface area contributed by atoms with Crippen molar-refractivity contribution in [3.8, 4) is 5.75 Å². The standard InChI is InChI=1S/C13H11BrClNO/c1-9-2-3-12(15)13(4-9)17-8-10-5-11(14)7-16-6-10/h2-7H,8H2,1H3. The minimum Gasteiger partial charge on any atom is -0.487 e. The SMILES string of the molecule is Cc1ccc(Cl)c(OCc2cncc(Br)c2)c1. The van der Waals surface area contributed by atoms with Gasteiger partial charge in [-0.1, -0.05) is 17.7 Å². The van der Waals surface area contributed by atoms with Gasteiger partial charge in [0, 0.05) is 22.4 Å². The van der Waals surface area contributed by atoms with E-state index in [1.165, 1.54) is 0 Å². The minimum atomic E-state index is 0.454. The first-order valence-electron chi connectivity index (χ1n) is 5.13. The summed E-state index contributed by atoms with van der Waals surface area (Å²) in [7, 11) is 0. The van der Waals surface area contributed by atoms with Crippen LogP contribution in [0.15, 0.2) is 41.1 Å². The Balaban J connectivity index is 2.09. The molecule has 0 radical (unpaired) electrons. The van der Waals surface area contributed by atoms with Gasteiger partial charge in [0.05, 0.1) is 5.02 Å². The summed E-state index contributed by atoms with van der Waals surface area (Å²) in [5, 5.41) is 0.624. The average molecular weight is 313 g/mol. The third-order valence-electron chi connectivity index (χ3n) is 2.24. The Hall–Kier alpha value is -1.06. The highest BCUT2D eigenvalue weighted by molar-refractivity contribution is 9.10. The lowest BCUT2D eigenvalue weighted by atomic mass is 10.2. The number of benzene rings is 1. The maximum Gasteiger partial charge on any atom is 0.138 e. The summed E-state index contributed by atoms with van der Waals surface area (Å²) >= 11 is 9.41. The molecule has 0 atom stereocenters. The Bertz CT molecular complexity index is 531. The van der Waals surface area contributed by atoms with Gasteiger partial charge in [-0.3, -0.25) is 4.98 Å². The van der Waals surface area contributed by atoms with Gasteiger partial charge in [-0.25, -0.2) is 0 Å². The molecule has 0 N–H and O–H groups in total. The molecular weight excluding hydrogens is 302 g/mol. The van der Waals surface area contributed by atoms with Gasteiger partial charge >= 0.3 is 0 Å². The van der Waals surface area contributed by atoms with Crippen LogP contribution in [0.2, 0.25) is 5.02 Å². The number of ether oxygens (including phenoxy) is 1. The van der Waals surface area contributed by atoms with Gasteiger partial charge in [-0.2, -0.15) is 0 Å². The van der Waals surface area contributed by atoms with Crippen LogP contribution >= 0.6 is 27.5 Å². The predicted molar refractivity (Wildman–Crippen MR) is 72.5 cm³/mol. The van der Waals surface area contributed by atoms with E-state index in [1.807, 2.05) is 31.2 Å². The van der Waals surface area contributed by atoms with Crippen LogP contribution in [-0.2, 0) is 6.61 Å². The van der Waals surface area contributed by atoms with Crippen LogP contribution in [0.25, 0.3) is 0 Å². The third-order valence-corrected chi connectivity index (χ3v) is 2.99. The number of hydrogen-bond acceptors (Lipinski definition) is 2. The Morgan fingerprint density at radius 1 is 1.29 bits per heavy atom. The zero-order chi connectivity index (χ0) is 12.3. The summed E-state index contributed by atoms with van der Waals surface area (Å²) < 4.78 is 6.60. The van der Waals surface area contributed by atoms with E-state index in [4.69, 9.17) is 16.3 Å². The summed E-state index contributed by atoms with van der Waals surface area (Å²) in [6.07, 6.45) is 3.51. The van der Waals surface area contributed by atoms with Crippen LogP contribution < -0.4 is 4.74 Å². The summed E-state index contributed by atoms with van der Waals surface area (Å²) in [6, 6.07) is 7.69. The van der Waals surface area contributed by atoms with Crippen molar-refractivity contribution in [1.82, 2.24) is 4.98 Å². The lowest BCUT2D eigenvalue weighted by Gasteiger charge is -2.08. The topological polar surface area (TPSA) is 22.1 Å². The molecule has 2 aromatic rings. The average Bonchev–Trinajstić information content (AvgIpc) is 2.30. The van der Waals surface area contributed by atoms with Crippen molar-refractivity contribution >= 4 is 27.5 Å². The lowest BCUT2D eigenvalue weighted by Crippen LogP contribution is -1.97. The molecule has 2 nitrogen and oxygen atoms in total. The van der Waals surface area contributed by atoms with E-state index in [2.05, 4.69) is 20.9 Å². The Kier molecular flexibility index (Phi) is 4.02. The quantitative estimate of drug-likeness (QED) is 0.839. The highest BCUT2D eigenvalue weighted by atomic mass is 79.9. The van der Waals surface area contributed by atoms with E-state index in [0.29, 0.717) is 17.4 Å². The molecule has 1 aromatic carbocycles. The number of aromatic nitrogens is 1. The molecule has 0 aliphatic carbocycles. The van der Waals surface area contributed by atoms with Gasteiger partial charge in [0.25, 0.3) is 0 Å². The number of halogens is 2. The summed E-state index contributed by atoms with van der Waals surface area (Å²) in [5.74, 6) is 0.701. The minimum absolute atomic E-state index is 0.454. The molecule has 0 spiro atoms. The molecule has 0 saturated carbocycles. The number of nitrogens with zero attached hydrogens (tertiary/aromatic N) is 1. The number of aryl methyl sites for hydroxylation is 1. The molecule has 1 aromatic heterocycles. The van der Waals surface area contributed by atoms with Gasteiger partial charge in [-0.15, -0.1) is 0 Å². The molecular formula is C13H11BrClNO. The first-order valence-corrected chi connectivity index (χ1v) is 6.30. The van der Waals surface area contributed by atoms with Crippen molar-refractivity contribution < 1.29 is 4.74 Å². The summed E-state index contributed by atoms with van der Waals surface area (Å²) in [6.45, 7) is 2.46.